The average Bonchev–Trinajstić information content (AvgIpc) is 2.42. The fourth-order valence-corrected chi connectivity index (χ4v) is 2.11. The fraction of sp³-hybridized carbons (Fsp3) is 0.533. The van der Waals surface area contributed by atoms with Crippen LogP contribution >= 0.6 is 0 Å². The Morgan fingerprint density at radius 2 is 1.89 bits per heavy atom. The summed E-state index contributed by atoms with van der Waals surface area (Å²) in [7, 11) is 0. The minimum Gasteiger partial charge on any atom is -0.486 e. The van der Waals surface area contributed by atoms with Gasteiger partial charge >= 0.3 is 0 Å². The third kappa shape index (κ3) is 3.40. The molecule has 1 amide bonds. The van der Waals surface area contributed by atoms with E-state index in [4.69, 9.17) is 9.47 Å². The lowest BCUT2D eigenvalue weighted by atomic mass is 10.1. The van der Waals surface area contributed by atoms with Crippen LogP contribution in [0, 0.1) is 6.92 Å². The minimum absolute atomic E-state index is 0.0365. The molecule has 1 aliphatic rings. The highest BCUT2D eigenvalue weighted by molar-refractivity contribution is 5.96. The van der Waals surface area contributed by atoms with Crippen molar-refractivity contribution in [1.29, 1.82) is 0 Å². The first-order valence-electron chi connectivity index (χ1n) is 6.91. The van der Waals surface area contributed by atoms with Crippen molar-refractivity contribution in [3.8, 4) is 11.5 Å². The number of carbonyl (C=O) groups excluding carboxylic acids is 1. The number of ether oxygens (including phenoxy) is 2. The highest BCUT2D eigenvalue weighted by Crippen LogP contribution is 2.32. The summed E-state index contributed by atoms with van der Waals surface area (Å²) in [5.74, 6) is 1.35. The van der Waals surface area contributed by atoms with Crippen molar-refractivity contribution in [1.82, 2.24) is 5.32 Å². The van der Waals surface area contributed by atoms with Gasteiger partial charge in [0.1, 0.15) is 13.2 Å². The van der Waals surface area contributed by atoms with E-state index < -0.39 is 0 Å². The molecule has 0 unspecified atom stereocenters. The van der Waals surface area contributed by atoms with Crippen molar-refractivity contribution in [2.24, 2.45) is 0 Å². The Morgan fingerprint density at radius 3 is 2.58 bits per heavy atom. The lowest BCUT2D eigenvalue weighted by molar-refractivity contribution is 0.0951. The van der Waals surface area contributed by atoms with Gasteiger partial charge in [-0.05, 0) is 31.0 Å². The summed E-state index contributed by atoms with van der Waals surface area (Å²) >= 11 is 0. The number of amides is 1. The standard InChI is InChI=1S/C15H21NO3/c1-3-4-5-6-16-15(17)12-10-14-13(9-11(12)2)18-7-8-19-14/h9-10H,3-8H2,1-2H3,(H,16,17). The molecule has 19 heavy (non-hydrogen) atoms. The number of unbranched alkanes of at least 4 members (excludes halogenated alkanes) is 2. The number of hydrogen-bond donors (Lipinski definition) is 1. The molecule has 0 fully saturated rings. The summed E-state index contributed by atoms with van der Waals surface area (Å²) in [6, 6.07) is 3.65. The van der Waals surface area contributed by atoms with Gasteiger partial charge in [0.2, 0.25) is 0 Å². The van der Waals surface area contributed by atoms with Crippen molar-refractivity contribution in [2.75, 3.05) is 19.8 Å². The van der Waals surface area contributed by atoms with Gasteiger partial charge in [-0.2, -0.15) is 0 Å². The highest BCUT2D eigenvalue weighted by Gasteiger charge is 2.17. The van der Waals surface area contributed by atoms with Crippen molar-refractivity contribution in [3.63, 3.8) is 0 Å². The second kappa shape index (κ2) is 6.45. The van der Waals surface area contributed by atoms with Gasteiger partial charge in [-0.25, -0.2) is 0 Å². The largest absolute Gasteiger partial charge is 0.486 e. The molecule has 0 aliphatic carbocycles. The molecule has 2 rings (SSSR count). The van der Waals surface area contributed by atoms with Crippen molar-refractivity contribution in [3.05, 3.63) is 23.3 Å². The summed E-state index contributed by atoms with van der Waals surface area (Å²) in [5, 5.41) is 2.95. The van der Waals surface area contributed by atoms with Gasteiger partial charge in [0, 0.05) is 12.1 Å². The number of nitrogens with one attached hydrogen (secondary N) is 1. The fourth-order valence-electron chi connectivity index (χ4n) is 2.11. The van der Waals surface area contributed by atoms with E-state index in [1.54, 1.807) is 6.07 Å². The van der Waals surface area contributed by atoms with Gasteiger partial charge in [0.05, 0.1) is 0 Å². The van der Waals surface area contributed by atoms with Crippen LogP contribution in [0.5, 0.6) is 11.5 Å². The van der Waals surface area contributed by atoms with E-state index in [2.05, 4.69) is 12.2 Å². The van der Waals surface area contributed by atoms with Crippen molar-refractivity contribution >= 4 is 5.91 Å². The molecule has 0 atom stereocenters. The van der Waals surface area contributed by atoms with Gasteiger partial charge < -0.3 is 14.8 Å². The molecular weight excluding hydrogens is 242 g/mol. The minimum atomic E-state index is -0.0365. The highest BCUT2D eigenvalue weighted by atomic mass is 16.6. The van der Waals surface area contributed by atoms with Crippen LogP contribution in [0.1, 0.15) is 42.1 Å². The van der Waals surface area contributed by atoms with Gasteiger partial charge in [-0.1, -0.05) is 19.8 Å². The van der Waals surface area contributed by atoms with Crippen LogP contribution in [0.4, 0.5) is 0 Å². The predicted octanol–water partition coefficient (Wildman–Crippen LogP) is 2.69. The second-order valence-corrected chi connectivity index (χ2v) is 4.77. The molecule has 1 N–H and O–H groups in total. The van der Waals surface area contributed by atoms with E-state index in [-0.39, 0.29) is 5.91 Å². The molecule has 1 aromatic rings. The molecule has 1 aromatic carbocycles. The van der Waals surface area contributed by atoms with Crippen molar-refractivity contribution < 1.29 is 14.3 Å². The smallest absolute Gasteiger partial charge is 0.251 e. The number of carbonyl (C=O) groups is 1. The first-order chi connectivity index (χ1) is 9.22. The van der Waals surface area contributed by atoms with Crippen LogP contribution in [-0.2, 0) is 0 Å². The molecular formula is C15H21NO3. The number of rotatable bonds is 5. The van der Waals surface area contributed by atoms with E-state index in [1.165, 1.54) is 0 Å². The van der Waals surface area contributed by atoms with E-state index in [0.29, 0.717) is 24.5 Å². The van der Waals surface area contributed by atoms with Crippen LogP contribution in [0.15, 0.2) is 12.1 Å². The van der Waals surface area contributed by atoms with Gasteiger partial charge in [-0.15, -0.1) is 0 Å². The Labute approximate surface area is 114 Å². The molecule has 0 spiro atoms. The summed E-state index contributed by atoms with van der Waals surface area (Å²) in [5.41, 5.74) is 1.58. The zero-order valence-corrected chi connectivity index (χ0v) is 11.6. The summed E-state index contributed by atoms with van der Waals surface area (Å²) < 4.78 is 11.0. The van der Waals surface area contributed by atoms with Crippen LogP contribution in [0.2, 0.25) is 0 Å². The second-order valence-electron chi connectivity index (χ2n) is 4.77. The van der Waals surface area contributed by atoms with E-state index in [9.17, 15) is 4.79 Å². The van der Waals surface area contributed by atoms with Gasteiger partial charge in [-0.3, -0.25) is 4.79 Å². The molecule has 0 aromatic heterocycles. The third-order valence-electron chi connectivity index (χ3n) is 3.20. The zero-order valence-electron chi connectivity index (χ0n) is 11.6. The molecule has 0 bridgehead atoms. The monoisotopic (exact) mass is 263 g/mol. The van der Waals surface area contributed by atoms with Gasteiger partial charge in [0.25, 0.3) is 5.91 Å². The maximum atomic E-state index is 12.1. The van der Waals surface area contributed by atoms with Crippen LogP contribution in [-0.4, -0.2) is 25.7 Å². The quantitative estimate of drug-likeness (QED) is 0.831. The molecule has 4 heteroatoms. The average molecular weight is 263 g/mol. The maximum absolute atomic E-state index is 12.1. The van der Waals surface area contributed by atoms with Gasteiger partial charge in [0.15, 0.2) is 11.5 Å². The summed E-state index contributed by atoms with van der Waals surface area (Å²) in [4.78, 5) is 12.1. The number of hydrogen-bond acceptors (Lipinski definition) is 3. The molecule has 1 aliphatic heterocycles. The molecule has 0 saturated carbocycles. The molecule has 104 valence electrons. The Hall–Kier alpha value is -1.71. The lowest BCUT2D eigenvalue weighted by Gasteiger charge is -2.20. The predicted molar refractivity (Wildman–Crippen MR) is 74.0 cm³/mol. The third-order valence-corrected chi connectivity index (χ3v) is 3.20. The number of fused-ring (bicyclic) bond motifs is 1. The van der Waals surface area contributed by atoms with Crippen molar-refractivity contribution in [2.45, 2.75) is 33.1 Å². The first-order valence-corrected chi connectivity index (χ1v) is 6.91. The topological polar surface area (TPSA) is 47.6 Å². The Bertz CT molecular complexity index is 457. The Morgan fingerprint density at radius 1 is 1.21 bits per heavy atom. The van der Waals surface area contributed by atoms with E-state index in [0.717, 1.165) is 37.1 Å². The normalized spacial score (nSPS) is 13.2. The SMILES string of the molecule is CCCCCNC(=O)c1cc2c(cc1C)OCCO2. The van der Waals surface area contributed by atoms with Crippen LogP contribution in [0.25, 0.3) is 0 Å². The van der Waals surface area contributed by atoms with Crippen LogP contribution < -0.4 is 14.8 Å². The number of benzene rings is 1. The Kier molecular flexibility index (Phi) is 4.66. The number of aryl methyl sites for hydroxylation is 1. The van der Waals surface area contributed by atoms with E-state index in [1.807, 2.05) is 13.0 Å². The maximum Gasteiger partial charge on any atom is 0.251 e. The zero-order chi connectivity index (χ0) is 13.7. The van der Waals surface area contributed by atoms with Crippen LogP contribution in [0.3, 0.4) is 0 Å². The molecule has 0 saturated heterocycles. The lowest BCUT2D eigenvalue weighted by Crippen LogP contribution is -2.25. The summed E-state index contributed by atoms with van der Waals surface area (Å²) in [6.45, 7) is 5.88. The molecule has 1 heterocycles. The molecule has 4 nitrogen and oxygen atoms in total. The molecule has 0 radical (unpaired) electrons. The van der Waals surface area contributed by atoms with E-state index >= 15 is 0 Å². The first kappa shape index (κ1) is 13.7. The summed E-state index contributed by atoms with van der Waals surface area (Å²) in [6.07, 6.45) is 3.31. The Balaban J connectivity index is 2.04.